The second-order valence-corrected chi connectivity index (χ2v) is 4.62. The van der Waals surface area contributed by atoms with E-state index in [1.54, 1.807) is 24.5 Å². The van der Waals surface area contributed by atoms with Gasteiger partial charge in [-0.1, -0.05) is 6.92 Å². The summed E-state index contributed by atoms with van der Waals surface area (Å²) in [5.41, 5.74) is 0.760. The Morgan fingerprint density at radius 2 is 2.25 bits per heavy atom. The van der Waals surface area contributed by atoms with Gasteiger partial charge >= 0.3 is 0 Å². The number of rotatable bonds is 6. The van der Waals surface area contributed by atoms with Crippen LogP contribution in [-0.2, 0) is 4.79 Å². The molecule has 88 valence electrons. The van der Waals surface area contributed by atoms with E-state index in [-0.39, 0.29) is 18.4 Å². The normalized spacial score (nSPS) is 12.1. The first-order chi connectivity index (χ1) is 7.72. The smallest absolute Gasteiger partial charge is 0.234 e. The van der Waals surface area contributed by atoms with Gasteiger partial charge in [-0.25, -0.2) is 0 Å². The third-order valence-electron chi connectivity index (χ3n) is 1.91. The van der Waals surface area contributed by atoms with Crippen molar-refractivity contribution in [3.8, 4) is 0 Å². The topological polar surface area (TPSA) is 62.2 Å². The highest BCUT2D eigenvalue weighted by molar-refractivity contribution is 7.99. The van der Waals surface area contributed by atoms with E-state index >= 15 is 0 Å². The SMILES string of the molecule is CC(CO)CSCC(=O)Nc1ccncc1. The number of anilines is 1. The molecule has 0 saturated heterocycles. The van der Waals surface area contributed by atoms with Crippen LogP contribution in [0.5, 0.6) is 0 Å². The molecule has 0 bridgehead atoms. The lowest BCUT2D eigenvalue weighted by molar-refractivity contribution is -0.113. The first kappa shape index (κ1) is 13.0. The summed E-state index contributed by atoms with van der Waals surface area (Å²) in [6.45, 7) is 2.12. The lowest BCUT2D eigenvalue weighted by Gasteiger charge is -2.07. The molecule has 0 saturated carbocycles. The van der Waals surface area contributed by atoms with E-state index in [0.717, 1.165) is 11.4 Å². The molecule has 0 aliphatic rings. The van der Waals surface area contributed by atoms with E-state index in [9.17, 15) is 4.79 Å². The first-order valence-corrected chi connectivity index (χ1v) is 6.26. The molecule has 0 radical (unpaired) electrons. The fraction of sp³-hybridized carbons (Fsp3) is 0.455. The standard InChI is InChI=1S/C11H16N2O2S/c1-9(6-14)7-16-8-11(15)13-10-2-4-12-5-3-10/h2-5,9,14H,6-8H2,1H3,(H,12,13,15). The predicted octanol–water partition coefficient (Wildman–Crippen LogP) is 1.38. The molecule has 1 heterocycles. The maximum atomic E-state index is 11.5. The van der Waals surface area contributed by atoms with E-state index < -0.39 is 0 Å². The van der Waals surface area contributed by atoms with E-state index in [4.69, 9.17) is 5.11 Å². The Morgan fingerprint density at radius 1 is 1.56 bits per heavy atom. The third-order valence-corrected chi connectivity index (χ3v) is 3.18. The van der Waals surface area contributed by atoms with E-state index in [0.29, 0.717) is 5.75 Å². The maximum absolute atomic E-state index is 11.5. The van der Waals surface area contributed by atoms with Crippen LogP contribution in [0.15, 0.2) is 24.5 Å². The van der Waals surface area contributed by atoms with Crippen LogP contribution >= 0.6 is 11.8 Å². The summed E-state index contributed by atoms with van der Waals surface area (Å²) in [4.78, 5) is 15.3. The number of nitrogens with zero attached hydrogens (tertiary/aromatic N) is 1. The molecule has 0 aliphatic heterocycles. The number of hydrogen-bond acceptors (Lipinski definition) is 4. The maximum Gasteiger partial charge on any atom is 0.234 e. The van der Waals surface area contributed by atoms with Crippen molar-refractivity contribution in [3.63, 3.8) is 0 Å². The highest BCUT2D eigenvalue weighted by Gasteiger charge is 2.04. The van der Waals surface area contributed by atoms with Crippen LogP contribution in [0.2, 0.25) is 0 Å². The molecule has 1 unspecified atom stereocenters. The van der Waals surface area contributed by atoms with Crippen molar-refractivity contribution < 1.29 is 9.90 Å². The van der Waals surface area contributed by atoms with Gasteiger partial charge in [0, 0.05) is 24.7 Å². The highest BCUT2D eigenvalue weighted by Crippen LogP contribution is 2.09. The molecular weight excluding hydrogens is 224 g/mol. The van der Waals surface area contributed by atoms with Crippen LogP contribution in [0.25, 0.3) is 0 Å². The lowest BCUT2D eigenvalue weighted by Crippen LogP contribution is -2.15. The number of carbonyl (C=O) groups excluding carboxylic acids is 1. The van der Waals surface area contributed by atoms with Crippen LogP contribution in [-0.4, -0.2) is 34.1 Å². The summed E-state index contributed by atoms with van der Waals surface area (Å²) < 4.78 is 0. The first-order valence-electron chi connectivity index (χ1n) is 5.11. The summed E-state index contributed by atoms with van der Waals surface area (Å²) in [5.74, 6) is 1.41. The number of aromatic nitrogens is 1. The van der Waals surface area contributed by atoms with Crippen LogP contribution in [0.1, 0.15) is 6.92 Å². The molecule has 1 atom stereocenters. The molecule has 0 fully saturated rings. The minimum absolute atomic E-state index is 0.0265. The van der Waals surface area contributed by atoms with Crippen molar-refractivity contribution in [2.24, 2.45) is 5.92 Å². The zero-order chi connectivity index (χ0) is 11.8. The zero-order valence-electron chi connectivity index (χ0n) is 9.22. The Bertz CT molecular complexity index is 319. The second kappa shape index (κ2) is 7.24. The van der Waals surface area contributed by atoms with Gasteiger partial charge in [0.15, 0.2) is 0 Å². The van der Waals surface area contributed by atoms with Gasteiger partial charge in [0.1, 0.15) is 0 Å². The van der Waals surface area contributed by atoms with Gasteiger partial charge in [0.2, 0.25) is 5.91 Å². The van der Waals surface area contributed by atoms with Crippen LogP contribution in [0.3, 0.4) is 0 Å². The van der Waals surface area contributed by atoms with Gasteiger partial charge in [0.05, 0.1) is 5.75 Å². The van der Waals surface area contributed by atoms with Crippen molar-refractivity contribution >= 4 is 23.4 Å². The Morgan fingerprint density at radius 3 is 2.88 bits per heavy atom. The molecule has 16 heavy (non-hydrogen) atoms. The van der Waals surface area contributed by atoms with Crippen molar-refractivity contribution in [2.45, 2.75) is 6.92 Å². The number of pyridine rings is 1. The summed E-state index contributed by atoms with van der Waals surface area (Å²) in [6.07, 6.45) is 3.27. The average Bonchev–Trinajstić information content (AvgIpc) is 2.30. The molecule has 1 aromatic heterocycles. The third kappa shape index (κ3) is 5.14. The monoisotopic (exact) mass is 240 g/mol. The molecule has 4 nitrogen and oxygen atoms in total. The number of nitrogens with one attached hydrogen (secondary N) is 1. The number of carbonyl (C=O) groups is 1. The van der Waals surface area contributed by atoms with Crippen LogP contribution in [0.4, 0.5) is 5.69 Å². The summed E-state index contributed by atoms with van der Waals surface area (Å²) >= 11 is 1.53. The second-order valence-electron chi connectivity index (χ2n) is 3.59. The van der Waals surface area contributed by atoms with Crippen molar-refractivity contribution in [3.05, 3.63) is 24.5 Å². The number of thioether (sulfide) groups is 1. The molecule has 2 N–H and O–H groups in total. The molecule has 5 heteroatoms. The number of aliphatic hydroxyl groups is 1. The minimum Gasteiger partial charge on any atom is -0.396 e. The lowest BCUT2D eigenvalue weighted by atomic mass is 10.2. The van der Waals surface area contributed by atoms with Gasteiger partial charge in [0.25, 0.3) is 0 Å². The Labute approximate surface area is 99.5 Å². The fourth-order valence-electron chi connectivity index (χ4n) is 1.04. The zero-order valence-corrected chi connectivity index (χ0v) is 10.0. The van der Waals surface area contributed by atoms with Crippen LogP contribution < -0.4 is 5.32 Å². The van der Waals surface area contributed by atoms with Gasteiger partial charge in [-0.05, 0) is 23.8 Å². The number of hydrogen-bond donors (Lipinski definition) is 2. The largest absolute Gasteiger partial charge is 0.396 e. The average molecular weight is 240 g/mol. The molecule has 0 aromatic carbocycles. The van der Waals surface area contributed by atoms with Crippen LogP contribution in [0, 0.1) is 5.92 Å². The summed E-state index contributed by atoms with van der Waals surface area (Å²) in [5, 5.41) is 11.6. The van der Waals surface area contributed by atoms with Gasteiger partial charge < -0.3 is 10.4 Å². The van der Waals surface area contributed by atoms with Gasteiger partial charge in [-0.3, -0.25) is 9.78 Å². The Hall–Kier alpha value is -1.07. The minimum atomic E-state index is -0.0265. The van der Waals surface area contributed by atoms with Crippen molar-refractivity contribution in [1.82, 2.24) is 4.98 Å². The van der Waals surface area contributed by atoms with E-state index in [2.05, 4.69) is 10.3 Å². The molecule has 1 aromatic rings. The van der Waals surface area contributed by atoms with E-state index in [1.165, 1.54) is 11.8 Å². The summed E-state index contributed by atoms with van der Waals surface area (Å²) in [7, 11) is 0. The van der Waals surface area contributed by atoms with Gasteiger partial charge in [-0.15, -0.1) is 0 Å². The fourth-order valence-corrected chi connectivity index (χ4v) is 1.92. The molecule has 0 spiro atoms. The van der Waals surface area contributed by atoms with E-state index in [1.807, 2.05) is 6.92 Å². The predicted molar refractivity (Wildman–Crippen MR) is 66.4 cm³/mol. The van der Waals surface area contributed by atoms with Gasteiger partial charge in [-0.2, -0.15) is 11.8 Å². The molecule has 1 rings (SSSR count). The van der Waals surface area contributed by atoms with Crippen molar-refractivity contribution in [2.75, 3.05) is 23.4 Å². The van der Waals surface area contributed by atoms with Crippen molar-refractivity contribution in [1.29, 1.82) is 0 Å². The molecule has 1 amide bonds. The Balaban J connectivity index is 2.21. The molecule has 0 aliphatic carbocycles. The summed E-state index contributed by atoms with van der Waals surface area (Å²) in [6, 6.07) is 3.50. The molecular formula is C11H16N2O2S. The number of amides is 1. The Kier molecular flexibility index (Phi) is 5.88. The highest BCUT2D eigenvalue weighted by atomic mass is 32.2. The number of aliphatic hydroxyl groups excluding tert-OH is 1. The quantitative estimate of drug-likeness (QED) is 0.788.